The molecule has 0 unspecified atom stereocenters. The van der Waals surface area contributed by atoms with Crippen molar-refractivity contribution in [2.24, 2.45) is 0 Å². The van der Waals surface area contributed by atoms with Gasteiger partial charge in [0.15, 0.2) is 6.61 Å². The minimum Gasteiger partial charge on any atom is -0.482 e. The summed E-state index contributed by atoms with van der Waals surface area (Å²) >= 11 is 0. The fourth-order valence-electron chi connectivity index (χ4n) is 1.15. The molecule has 3 nitrogen and oxygen atoms in total. The van der Waals surface area contributed by atoms with E-state index < -0.39 is 18.4 Å². The lowest BCUT2D eigenvalue weighted by Gasteiger charge is -2.09. The molecule has 1 N–H and O–H groups in total. The van der Waals surface area contributed by atoms with Crippen LogP contribution in [0.4, 0.5) is 4.39 Å². The van der Waals surface area contributed by atoms with Crippen LogP contribution in [-0.2, 0) is 4.79 Å². The lowest BCUT2D eigenvalue weighted by atomic mass is 10.0. The fourth-order valence-corrected chi connectivity index (χ4v) is 1.15. The first-order chi connectivity index (χ1) is 6.99. The van der Waals surface area contributed by atoms with E-state index in [1.807, 2.05) is 13.8 Å². The van der Waals surface area contributed by atoms with Gasteiger partial charge in [-0.25, -0.2) is 9.18 Å². The van der Waals surface area contributed by atoms with Crippen LogP contribution in [0.5, 0.6) is 5.75 Å². The van der Waals surface area contributed by atoms with E-state index in [9.17, 15) is 9.18 Å². The number of ether oxygens (including phenoxy) is 1. The zero-order valence-electron chi connectivity index (χ0n) is 8.66. The number of halogens is 1. The van der Waals surface area contributed by atoms with Crippen LogP contribution in [0.25, 0.3) is 0 Å². The molecule has 0 aliphatic carbocycles. The number of benzene rings is 1. The quantitative estimate of drug-likeness (QED) is 0.833. The number of rotatable bonds is 4. The summed E-state index contributed by atoms with van der Waals surface area (Å²) in [7, 11) is 0. The Kier molecular flexibility index (Phi) is 3.66. The molecule has 0 saturated carbocycles. The van der Waals surface area contributed by atoms with Crippen LogP contribution in [0.2, 0.25) is 0 Å². The third-order valence-electron chi connectivity index (χ3n) is 1.92. The molecule has 0 fully saturated rings. The second-order valence-corrected chi connectivity index (χ2v) is 3.56. The standard InChI is InChI=1S/C11H13FO3/c1-7(2)8-3-9(12)5-10(4-8)15-6-11(13)14/h3-5,7H,6H2,1-2H3,(H,13,14). The van der Waals surface area contributed by atoms with Crippen molar-refractivity contribution in [1.29, 1.82) is 0 Å². The summed E-state index contributed by atoms with van der Waals surface area (Å²) < 4.78 is 18.0. The predicted octanol–water partition coefficient (Wildman–Crippen LogP) is 2.41. The largest absolute Gasteiger partial charge is 0.482 e. The molecule has 0 saturated heterocycles. The third kappa shape index (κ3) is 3.58. The minimum atomic E-state index is -1.08. The third-order valence-corrected chi connectivity index (χ3v) is 1.92. The maximum absolute atomic E-state index is 13.1. The Balaban J connectivity index is 2.84. The topological polar surface area (TPSA) is 46.5 Å². The molecular weight excluding hydrogens is 199 g/mol. The molecule has 0 radical (unpaired) electrons. The maximum Gasteiger partial charge on any atom is 0.341 e. The second-order valence-electron chi connectivity index (χ2n) is 3.56. The van der Waals surface area contributed by atoms with E-state index in [1.165, 1.54) is 12.1 Å². The van der Waals surface area contributed by atoms with E-state index in [-0.39, 0.29) is 11.7 Å². The molecule has 0 atom stereocenters. The molecule has 1 aromatic carbocycles. The Labute approximate surface area is 87.5 Å². The molecule has 15 heavy (non-hydrogen) atoms. The van der Waals surface area contributed by atoms with Crippen molar-refractivity contribution in [1.82, 2.24) is 0 Å². The van der Waals surface area contributed by atoms with Gasteiger partial charge in [-0.15, -0.1) is 0 Å². The highest BCUT2D eigenvalue weighted by Crippen LogP contribution is 2.22. The monoisotopic (exact) mass is 212 g/mol. The lowest BCUT2D eigenvalue weighted by molar-refractivity contribution is -0.139. The molecule has 0 aliphatic heterocycles. The van der Waals surface area contributed by atoms with Crippen molar-refractivity contribution in [2.45, 2.75) is 19.8 Å². The first kappa shape index (κ1) is 11.5. The highest BCUT2D eigenvalue weighted by Gasteiger charge is 2.06. The Morgan fingerprint density at radius 1 is 1.47 bits per heavy atom. The van der Waals surface area contributed by atoms with Crippen LogP contribution in [0.15, 0.2) is 18.2 Å². The summed E-state index contributed by atoms with van der Waals surface area (Å²) in [6.07, 6.45) is 0. The summed E-state index contributed by atoms with van der Waals surface area (Å²) in [5.41, 5.74) is 0.787. The van der Waals surface area contributed by atoms with Crippen molar-refractivity contribution in [3.8, 4) is 5.75 Å². The number of aliphatic carboxylic acids is 1. The molecule has 1 aromatic rings. The van der Waals surface area contributed by atoms with Crippen LogP contribution in [0.1, 0.15) is 25.3 Å². The van der Waals surface area contributed by atoms with Crippen LogP contribution in [-0.4, -0.2) is 17.7 Å². The van der Waals surface area contributed by atoms with Crippen LogP contribution >= 0.6 is 0 Å². The first-order valence-electron chi connectivity index (χ1n) is 4.64. The molecule has 0 heterocycles. The smallest absolute Gasteiger partial charge is 0.341 e. The van der Waals surface area contributed by atoms with E-state index in [0.29, 0.717) is 0 Å². The number of carbonyl (C=O) groups is 1. The Bertz CT molecular complexity index is 361. The normalized spacial score (nSPS) is 10.4. The molecule has 82 valence electrons. The first-order valence-corrected chi connectivity index (χ1v) is 4.64. The lowest BCUT2D eigenvalue weighted by Crippen LogP contribution is -2.09. The van der Waals surface area contributed by atoms with Gasteiger partial charge in [0.25, 0.3) is 0 Å². The van der Waals surface area contributed by atoms with Gasteiger partial charge in [0.1, 0.15) is 11.6 Å². The summed E-state index contributed by atoms with van der Waals surface area (Å²) in [5.74, 6) is -1.07. The molecular formula is C11H13FO3. The Morgan fingerprint density at radius 2 is 2.13 bits per heavy atom. The van der Waals surface area contributed by atoms with Gasteiger partial charge in [0, 0.05) is 6.07 Å². The highest BCUT2D eigenvalue weighted by atomic mass is 19.1. The van der Waals surface area contributed by atoms with Gasteiger partial charge in [-0.05, 0) is 23.6 Å². The fraction of sp³-hybridized carbons (Fsp3) is 0.364. The van der Waals surface area contributed by atoms with Crippen molar-refractivity contribution in [3.63, 3.8) is 0 Å². The average Bonchev–Trinajstić information content (AvgIpc) is 2.13. The molecule has 1 rings (SSSR count). The van der Waals surface area contributed by atoms with Gasteiger partial charge < -0.3 is 9.84 Å². The van der Waals surface area contributed by atoms with E-state index in [4.69, 9.17) is 9.84 Å². The van der Waals surface area contributed by atoms with Crippen molar-refractivity contribution < 1.29 is 19.0 Å². The number of hydrogen-bond donors (Lipinski definition) is 1. The zero-order chi connectivity index (χ0) is 11.4. The van der Waals surface area contributed by atoms with Gasteiger partial charge in [0.2, 0.25) is 0 Å². The highest BCUT2D eigenvalue weighted by molar-refractivity contribution is 5.68. The molecule has 0 spiro atoms. The average molecular weight is 212 g/mol. The summed E-state index contributed by atoms with van der Waals surface area (Å²) in [5, 5.41) is 8.40. The van der Waals surface area contributed by atoms with Crippen LogP contribution in [0.3, 0.4) is 0 Å². The summed E-state index contributed by atoms with van der Waals surface area (Å²) in [6, 6.07) is 4.24. The molecule has 0 aromatic heterocycles. The van der Waals surface area contributed by atoms with Gasteiger partial charge in [-0.2, -0.15) is 0 Å². The number of carboxylic acids is 1. The van der Waals surface area contributed by atoms with Gasteiger partial charge in [-0.3, -0.25) is 0 Å². The van der Waals surface area contributed by atoms with Crippen LogP contribution < -0.4 is 4.74 Å². The maximum atomic E-state index is 13.1. The van der Waals surface area contributed by atoms with Gasteiger partial charge >= 0.3 is 5.97 Å². The van der Waals surface area contributed by atoms with Crippen molar-refractivity contribution in [3.05, 3.63) is 29.6 Å². The summed E-state index contributed by atoms with van der Waals surface area (Å²) in [4.78, 5) is 10.3. The van der Waals surface area contributed by atoms with E-state index >= 15 is 0 Å². The molecule has 0 amide bonds. The van der Waals surface area contributed by atoms with Crippen molar-refractivity contribution >= 4 is 5.97 Å². The molecule has 0 bridgehead atoms. The second kappa shape index (κ2) is 4.77. The number of carboxylic acid groups (broad SMARTS) is 1. The van der Waals surface area contributed by atoms with Crippen LogP contribution in [0, 0.1) is 5.82 Å². The van der Waals surface area contributed by atoms with E-state index in [2.05, 4.69) is 0 Å². The van der Waals surface area contributed by atoms with Crippen molar-refractivity contribution in [2.75, 3.05) is 6.61 Å². The molecule has 4 heteroatoms. The zero-order valence-corrected chi connectivity index (χ0v) is 8.66. The molecule has 0 aliphatic rings. The summed E-state index contributed by atoms with van der Waals surface area (Å²) in [6.45, 7) is 3.40. The van der Waals surface area contributed by atoms with E-state index in [0.717, 1.165) is 5.56 Å². The van der Waals surface area contributed by atoms with E-state index in [1.54, 1.807) is 6.07 Å². The van der Waals surface area contributed by atoms with Gasteiger partial charge in [0.05, 0.1) is 0 Å². The predicted molar refractivity (Wildman–Crippen MR) is 53.6 cm³/mol. The Hall–Kier alpha value is -1.58. The Morgan fingerprint density at radius 3 is 2.67 bits per heavy atom. The SMILES string of the molecule is CC(C)c1cc(F)cc(OCC(=O)O)c1. The number of hydrogen-bond acceptors (Lipinski definition) is 2. The van der Waals surface area contributed by atoms with Gasteiger partial charge in [-0.1, -0.05) is 13.8 Å². The minimum absolute atomic E-state index is 0.174.